The molecule has 0 aliphatic heterocycles. The Bertz CT molecular complexity index is 797. The molecule has 0 fully saturated rings. The van der Waals surface area contributed by atoms with Gasteiger partial charge in [0.15, 0.2) is 0 Å². The minimum absolute atomic E-state index is 0.156. The van der Waals surface area contributed by atoms with Crippen LogP contribution in [-0.4, -0.2) is 22.7 Å². The van der Waals surface area contributed by atoms with Crippen LogP contribution in [0.5, 0.6) is 5.75 Å². The molecule has 0 saturated carbocycles. The molecule has 0 unspecified atom stereocenters. The van der Waals surface area contributed by atoms with Crippen LogP contribution < -0.4 is 4.74 Å². The lowest BCUT2D eigenvalue weighted by Crippen LogP contribution is -2.04. The molecule has 0 aliphatic carbocycles. The van der Waals surface area contributed by atoms with Crippen LogP contribution in [0.4, 0.5) is 0 Å². The van der Waals surface area contributed by atoms with Gasteiger partial charge in [-0.1, -0.05) is 35.5 Å². The number of carbonyl (C=O) groups excluding carboxylic acids is 1. The molecule has 2 aromatic carbocycles. The maximum atomic E-state index is 11.5. The lowest BCUT2D eigenvalue weighted by molar-refractivity contribution is 0.0470. The van der Waals surface area contributed by atoms with Gasteiger partial charge in [-0.2, -0.15) is 4.98 Å². The molecule has 0 N–H and O–H groups in total. The number of carbonyl (C=O) groups is 1. The van der Waals surface area contributed by atoms with Gasteiger partial charge in [0.25, 0.3) is 0 Å². The molecule has 0 amide bonds. The van der Waals surface area contributed by atoms with E-state index in [0.29, 0.717) is 12.4 Å². The van der Waals surface area contributed by atoms with Gasteiger partial charge in [-0.15, -0.1) is 0 Å². The van der Waals surface area contributed by atoms with E-state index < -0.39 is 5.97 Å². The molecule has 6 heteroatoms. The van der Waals surface area contributed by atoms with Crippen molar-refractivity contribution in [2.45, 2.75) is 13.5 Å². The van der Waals surface area contributed by atoms with Gasteiger partial charge in [-0.3, -0.25) is 0 Å². The molecule has 1 heterocycles. The highest BCUT2D eigenvalue weighted by Gasteiger charge is 2.17. The quantitative estimate of drug-likeness (QED) is 0.646. The van der Waals surface area contributed by atoms with Crippen molar-refractivity contribution in [2.24, 2.45) is 0 Å². The van der Waals surface area contributed by atoms with Crippen molar-refractivity contribution in [1.82, 2.24) is 10.1 Å². The van der Waals surface area contributed by atoms with Crippen LogP contribution in [0, 0.1) is 0 Å². The predicted octanol–water partition coefficient (Wildman–Crippen LogP) is 3.49. The van der Waals surface area contributed by atoms with E-state index >= 15 is 0 Å². The largest absolute Gasteiger partial charge is 0.489 e. The van der Waals surface area contributed by atoms with Crippen molar-refractivity contribution in [3.05, 3.63) is 66.1 Å². The Morgan fingerprint density at radius 2 is 1.83 bits per heavy atom. The van der Waals surface area contributed by atoms with E-state index in [9.17, 15) is 4.79 Å². The average molecular weight is 324 g/mol. The van der Waals surface area contributed by atoms with Gasteiger partial charge >= 0.3 is 11.9 Å². The lowest BCUT2D eigenvalue weighted by Gasteiger charge is -2.06. The number of nitrogens with zero attached hydrogens (tertiary/aromatic N) is 2. The Kier molecular flexibility index (Phi) is 4.86. The summed E-state index contributed by atoms with van der Waals surface area (Å²) in [6, 6.07) is 17.2. The normalized spacial score (nSPS) is 10.4. The zero-order valence-electron chi connectivity index (χ0n) is 13.1. The number of aromatic nitrogens is 2. The summed E-state index contributed by atoms with van der Waals surface area (Å²) in [6.45, 7) is 2.46. The Balaban J connectivity index is 1.65. The van der Waals surface area contributed by atoms with Crippen molar-refractivity contribution in [3.8, 4) is 17.1 Å². The predicted molar refractivity (Wildman–Crippen MR) is 86.5 cm³/mol. The first kappa shape index (κ1) is 15.7. The smallest absolute Gasteiger partial charge is 0.397 e. The standard InChI is InChI=1S/C18H16N2O4/c1-2-22-18(21)17-19-16(20-24-17)14-8-10-15(11-9-14)23-12-13-6-4-3-5-7-13/h3-11H,2,12H2,1H3. The van der Waals surface area contributed by atoms with Crippen LogP contribution in [0.3, 0.4) is 0 Å². The monoisotopic (exact) mass is 324 g/mol. The van der Waals surface area contributed by atoms with Gasteiger partial charge in [0.2, 0.25) is 5.82 Å². The molecular formula is C18H16N2O4. The Morgan fingerprint density at radius 1 is 1.08 bits per heavy atom. The van der Waals surface area contributed by atoms with Gasteiger partial charge in [-0.25, -0.2) is 4.79 Å². The molecule has 0 atom stereocenters. The van der Waals surface area contributed by atoms with Crippen LogP contribution in [0.25, 0.3) is 11.4 Å². The van der Waals surface area contributed by atoms with Crippen molar-refractivity contribution >= 4 is 5.97 Å². The zero-order chi connectivity index (χ0) is 16.8. The van der Waals surface area contributed by atoms with E-state index in [2.05, 4.69) is 10.1 Å². The molecule has 1 aromatic heterocycles. The molecule has 0 aliphatic rings. The maximum Gasteiger partial charge on any atom is 0.397 e. The van der Waals surface area contributed by atoms with E-state index in [1.54, 1.807) is 19.1 Å². The van der Waals surface area contributed by atoms with Crippen molar-refractivity contribution in [1.29, 1.82) is 0 Å². The lowest BCUT2D eigenvalue weighted by atomic mass is 10.2. The van der Waals surface area contributed by atoms with E-state index in [4.69, 9.17) is 14.0 Å². The van der Waals surface area contributed by atoms with Gasteiger partial charge < -0.3 is 14.0 Å². The molecule has 3 rings (SSSR count). The van der Waals surface area contributed by atoms with Crippen LogP contribution in [-0.2, 0) is 11.3 Å². The van der Waals surface area contributed by atoms with Crippen LogP contribution in [0.15, 0.2) is 59.1 Å². The highest BCUT2D eigenvalue weighted by atomic mass is 16.6. The molecule has 0 bridgehead atoms. The minimum Gasteiger partial charge on any atom is -0.489 e. The first-order valence-electron chi connectivity index (χ1n) is 7.54. The Morgan fingerprint density at radius 3 is 2.54 bits per heavy atom. The third kappa shape index (κ3) is 3.78. The summed E-state index contributed by atoms with van der Waals surface area (Å²) in [5.41, 5.74) is 1.82. The van der Waals surface area contributed by atoms with Crippen LogP contribution >= 0.6 is 0 Å². The SMILES string of the molecule is CCOC(=O)c1nc(-c2ccc(OCc3ccccc3)cc2)no1. The first-order chi connectivity index (χ1) is 11.8. The van der Waals surface area contributed by atoms with E-state index in [0.717, 1.165) is 16.9 Å². The fraction of sp³-hybridized carbons (Fsp3) is 0.167. The van der Waals surface area contributed by atoms with Gasteiger partial charge in [0.1, 0.15) is 12.4 Å². The van der Waals surface area contributed by atoms with E-state index in [1.807, 2.05) is 42.5 Å². The number of hydrogen-bond donors (Lipinski definition) is 0. The zero-order valence-corrected chi connectivity index (χ0v) is 13.1. The summed E-state index contributed by atoms with van der Waals surface area (Å²) in [5, 5.41) is 3.79. The molecule has 0 saturated heterocycles. The summed E-state index contributed by atoms with van der Waals surface area (Å²) in [4.78, 5) is 15.6. The number of ether oxygens (including phenoxy) is 2. The summed E-state index contributed by atoms with van der Waals surface area (Å²) >= 11 is 0. The molecule has 6 nitrogen and oxygen atoms in total. The average Bonchev–Trinajstić information content (AvgIpc) is 3.12. The van der Waals surface area contributed by atoms with E-state index in [-0.39, 0.29) is 12.5 Å². The van der Waals surface area contributed by atoms with Crippen molar-refractivity contribution in [3.63, 3.8) is 0 Å². The Hall–Kier alpha value is -3.15. The van der Waals surface area contributed by atoms with Crippen molar-refractivity contribution < 1.29 is 18.8 Å². The molecular weight excluding hydrogens is 308 g/mol. The topological polar surface area (TPSA) is 74.5 Å². The molecule has 24 heavy (non-hydrogen) atoms. The van der Waals surface area contributed by atoms with Crippen molar-refractivity contribution in [2.75, 3.05) is 6.61 Å². The third-order valence-corrected chi connectivity index (χ3v) is 3.24. The minimum atomic E-state index is -0.626. The second-order valence-corrected chi connectivity index (χ2v) is 4.94. The maximum absolute atomic E-state index is 11.5. The van der Waals surface area contributed by atoms with Crippen LogP contribution in [0.1, 0.15) is 23.2 Å². The second-order valence-electron chi connectivity index (χ2n) is 4.94. The van der Waals surface area contributed by atoms with Gasteiger partial charge in [0, 0.05) is 5.56 Å². The summed E-state index contributed by atoms with van der Waals surface area (Å²) in [5.74, 6) is 0.277. The fourth-order valence-electron chi connectivity index (χ4n) is 2.06. The van der Waals surface area contributed by atoms with Gasteiger partial charge in [-0.05, 0) is 36.8 Å². The van der Waals surface area contributed by atoms with E-state index in [1.165, 1.54) is 0 Å². The number of esters is 1. The first-order valence-corrected chi connectivity index (χ1v) is 7.54. The molecule has 122 valence electrons. The molecule has 0 spiro atoms. The summed E-state index contributed by atoms with van der Waals surface area (Å²) < 4.78 is 15.4. The second kappa shape index (κ2) is 7.41. The fourth-order valence-corrected chi connectivity index (χ4v) is 2.06. The molecule has 0 radical (unpaired) electrons. The molecule has 3 aromatic rings. The number of benzene rings is 2. The van der Waals surface area contributed by atoms with Gasteiger partial charge in [0.05, 0.1) is 6.61 Å². The number of hydrogen-bond acceptors (Lipinski definition) is 6. The number of rotatable bonds is 6. The summed E-state index contributed by atoms with van der Waals surface area (Å²) in [7, 11) is 0. The highest BCUT2D eigenvalue weighted by molar-refractivity contribution is 5.84. The Labute approximate surface area is 139 Å². The highest BCUT2D eigenvalue weighted by Crippen LogP contribution is 2.21. The third-order valence-electron chi connectivity index (χ3n) is 3.24. The summed E-state index contributed by atoms with van der Waals surface area (Å²) in [6.07, 6.45) is 0. The van der Waals surface area contributed by atoms with Crippen LogP contribution in [0.2, 0.25) is 0 Å².